The molecule has 27 heavy (non-hydrogen) atoms. The number of carbonyl (C=O) groups excluding carboxylic acids is 2. The zero-order valence-electron chi connectivity index (χ0n) is 15.8. The van der Waals surface area contributed by atoms with Crippen LogP contribution in [0.5, 0.6) is 0 Å². The van der Waals surface area contributed by atoms with Crippen molar-refractivity contribution in [2.24, 2.45) is 0 Å². The van der Waals surface area contributed by atoms with Gasteiger partial charge in [0.15, 0.2) is 0 Å². The van der Waals surface area contributed by atoms with Crippen LogP contribution in [0, 0.1) is 0 Å². The highest BCUT2D eigenvalue weighted by molar-refractivity contribution is 7.13. The van der Waals surface area contributed by atoms with Crippen molar-refractivity contribution < 1.29 is 9.59 Å². The lowest BCUT2D eigenvalue weighted by molar-refractivity contribution is -0.130. The molecule has 0 spiro atoms. The van der Waals surface area contributed by atoms with Gasteiger partial charge in [0.2, 0.25) is 11.8 Å². The fraction of sp³-hybridized carbons (Fsp3) is 0.429. The van der Waals surface area contributed by atoms with Crippen LogP contribution in [-0.2, 0) is 9.59 Å². The van der Waals surface area contributed by atoms with Crippen LogP contribution in [0.2, 0.25) is 0 Å². The summed E-state index contributed by atoms with van der Waals surface area (Å²) in [5.41, 5.74) is 1.98. The lowest BCUT2D eigenvalue weighted by Crippen LogP contribution is -2.48. The van der Waals surface area contributed by atoms with Crippen LogP contribution in [0.3, 0.4) is 0 Å². The molecule has 3 rings (SSSR count). The van der Waals surface area contributed by atoms with E-state index in [1.54, 1.807) is 18.3 Å². The zero-order valence-corrected chi connectivity index (χ0v) is 16.6. The van der Waals surface area contributed by atoms with Gasteiger partial charge in [0, 0.05) is 50.1 Å². The van der Waals surface area contributed by atoms with E-state index in [2.05, 4.69) is 27.7 Å². The first-order valence-electron chi connectivity index (χ1n) is 9.53. The van der Waals surface area contributed by atoms with Crippen LogP contribution in [0.25, 0.3) is 10.4 Å². The minimum absolute atomic E-state index is 0.0692. The third kappa shape index (κ3) is 5.91. The maximum Gasteiger partial charge on any atom is 0.224 e. The predicted octanol–water partition coefficient (Wildman–Crippen LogP) is 3.69. The Bertz CT molecular complexity index is 753. The Hall–Kier alpha value is -2.18. The molecular formula is C21H27N3O2S. The molecule has 1 N–H and O–H groups in total. The van der Waals surface area contributed by atoms with Crippen molar-refractivity contribution in [1.82, 2.24) is 9.80 Å². The normalized spacial score (nSPS) is 14.9. The zero-order chi connectivity index (χ0) is 19.1. The van der Waals surface area contributed by atoms with Crippen LogP contribution < -0.4 is 5.32 Å². The lowest BCUT2D eigenvalue weighted by atomic mass is 10.1. The summed E-state index contributed by atoms with van der Waals surface area (Å²) in [6.07, 6.45) is 2.42. The summed E-state index contributed by atoms with van der Waals surface area (Å²) in [5, 5.41) is 5.07. The molecule has 5 nitrogen and oxygen atoms in total. The molecule has 2 heterocycles. The molecule has 2 aromatic rings. The largest absolute Gasteiger partial charge is 0.340 e. The highest BCUT2D eigenvalue weighted by Gasteiger charge is 2.17. The monoisotopic (exact) mass is 385 g/mol. The molecule has 0 aliphatic carbocycles. The standard InChI is InChI=1S/C21H27N3O2S/c1-17(25)24-13-11-23(12-14-24)10-3-2-9-21(26)22-19-7-4-6-18(16-19)20-8-5-15-27-20/h4-8,15-16H,2-3,9-14H2,1H3,(H,22,26). The van der Waals surface area contributed by atoms with E-state index < -0.39 is 0 Å². The summed E-state index contributed by atoms with van der Waals surface area (Å²) >= 11 is 1.70. The molecule has 144 valence electrons. The minimum atomic E-state index is 0.0692. The Morgan fingerprint density at radius 2 is 1.89 bits per heavy atom. The molecule has 2 amide bonds. The first-order valence-corrected chi connectivity index (χ1v) is 10.4. The summed E-state index contributed by atoms with van der Waals surface area (Å²) in [6.45, 7) is 6.12. The van der Waals surface area contributed by atoms with Crippen LogP contribution in [0.15, 0.2) is 41.8 Å². The molecule has 1 aliphatic heterocycles. The van der Waals surface area contributed by atoms with Gasteiger partial charge in [-0.2, -0.15) is 0 Å². The molecule has 0 unspecified atom stereocenters. The predicted molar refractivity (Wildman–Crippen MR) is 111 cm³/mol. The van der Waals surface area contributed by atoms with Crippen molar-refractivity contribution in [3.05, 3.63) is 41.8 Å². The van der Waals surface area contributed by atoms with Gasteiger partial charge in [0.05, 0.1) is 0 Å². The third-order valence-electron chi connectivity index (χ3n) is 4.90. The average Bonchev–Trinajstić information content (AvgIpc) is 3.21. The molecule has 1 aromatic carbocycles. The van der Waals surface area contributed by atoms with E-state index >= 15 is 0 Å². The van der Waals surface area contributed by atoms with E-state index in [1.165, 1.54) is 4.88 Å². The molecule has 0 bridgehead atoms. The van der Waals surface area contributed by atoms with Gasteiger partial charge in [0.1, 0.15) is 0 Å². The second-order valence-corrected chi connectivity index (χ2v) is 7.86. The second kappa shape index (κ2) is 9.67. The Balaban J connectivity index is 1.36. The van der Waals surface area contributed by atoms with Gasteiger partial charge in [0.25, 0.3) is 0 Å². The van der Waals surface area contributed by atoms with E-state index in [0.29, 0.717) is 6.42 Å². The van der Waals surface area contributed by atoms with Crippen LogP contribution in [-0.4, -0.2) is 54.3 Å². The molecule has 0 atom stereocenters. The first-order chi connectivity index (χ1) is 13.1. The number of unbranched alkanes of at least 4 members (excludes halogenated alkanes) is 1. The highest BCUT2D eigenvalue weighted by atomic mass is 32.1. The fourth-order valence-corrected chi connectivity index (χ4v) is 4.05. The number of nitrogens with one attached hydrogen (secondary N) is 1. The number of anilines is 1. The molecule has 0 saturated carbocycles. The Morgan fingerprint density at radius 1 is 1.07 bits per heavy atom. The Kier molecular flexibility index (Phi) is 7.01. The summed E-state index contributed by atoms with van der Waals surface area (Å²) in [6, 6.07) is 12.1. The second-order valence-electron chi connectivity index (χ2n) is 6.91. The van der Waals surface area contributed by atoms with Crippen molar-refractivity contribution in [3.8, 4) is 10.4 Å². The van der Waals surface area contributed by atoms with Gasteiger partial charge in [-0.1, -0.05) is 18.2 Å². The molecular weight excluding hydrogens is 358 g/mol. The van der Waals surface area contributed by atoms with E-state index in [9.17, 15) is 9.59 Å². The number of carbonyl (C=O) groups is 2. The van der Waals surface area contributed by atoms with Gasteiger partial charge in [-0.15, -0.1) is 11.3 Å². The first kappa shape index (κ1) is 19.6. The summed E-state index contributed by atoms with van der Waals surface area (Å²) in [7, 11) is 0. The average molecular weight is 386 g/mol. The summed E-state index contributed by atoms with van der Waals surface area (Å²) in [4.78, 5) is 29.0. The number of hydrogen-bond acceptors (Lipinski definition) is 4. The van der Waals surface area contributed by atoms with Crippen molar-refractivity contribution >= 4 is 28.8 Å². The number of amides is 2. The van der Waals surface area contributed by atoms with Crippen molar-refractivity contribution in [3.63, 3.8) is 0 Å². The molecule has 1 fully saturated rings. The lowest BCUT2D eigenvalue weighted by Gasteiger charge is -2.34. The Morgan fingerprint density at radius 3 is 2.59 bits per heavy atom. The topological polar surface area (TPSA) is 52.7 Å². The van der Waals surface area contributed by atoms with E-state index in [-0.39, 0.29) is 11.8 Å². The minimum Gasteiger partial charge on any atom is -0.340 e. The summed E-state index contributed by atoms with van der Waals surface area (Å²) < 4.78 is 0. The molecule has 0 radical (unpaired) electrons. The van der Waals surface area contributed by atoms with Gasteiger partial charge in [-0.05, 0) is 48.5 Å². The van der Waals surface area contributed by atoms with E-state index in [4.69, 9.17) is 0 Å². The van der Waals surface area contributed by atoms with E-state index in [0.717, 1.165) is 56.8 Å². The third-order valence-corrected chi connectivity index (χ3v) is 5.82. The number of piperazine rings is 1. The maximum absolute atomic E-state index is 12.2. The molecule has 6 heteroatoms. The van der Waals surface area contributed by atoms with Crippen LogP contribution in [0.1, 0.15) is 26.2 Å². The number of hydrogen-bond donors (Lipinski definition) is 1. The molecule has 1 aliphatic rings. The van der Waals surface area contributed by atoms with Gasteiger partial charge < -0.3 is 10.2 Å². The van der Waals surface area contributed by atoms with Crippen molar-refractivity contribution in [1.29, 1.82) is 0 Å². The van der Waals surface area contributed by atoms with Crippen molar-refractivity contribution in [2.45, 2.75) is 26.2 Å². The smallest absolute Gasteiger partial charge is 0.224 e. The van der Waals surface area contributed by atoms with Gasteiger partial charge in [-0.3, -0.25) is 14.5 Å². The van der Waals surface area contributed by atoms with Crippen LogP contribution >= 0.6 is 11.3 Å². The van der Waals surface area contributed by atoms with Crippen molar-refractivity contribution in [2.75, 3.05) is 38.0 Å². The quantitative estimate of drug-likeness (QED) is 0.740. The maximum atomic E-state index is 12.2. The SMILES string of the molecule is CC(=O)N1CCN(CCCCC(=O)Nc2cccc(-c3cccs3)c2)CC1. The molecule has 1 aromatic heterocycles. The van der Waals surface area contributed by atoms with Gasteiger partial charge >= 0.3 is 0 Å². The Labute approximate surface area is 165 Å². The number of thiophene rings is 1. The molecule has 1 saturated heterocycles. The number of benzene rings is 1. The highest BCUT2D eigenvalue weighted by Crippen LogP contribution is 2.26. The summed E-state index contributed by atoms with van der Waals surface area (Å²) in [5.74, 6) is 0.231. The van der Waals surface area contributed by atoms with Gasteiger partial charge in [-0.25, -0.2) is 0 Å². The number of rotatable bonds is 7. The fourth-order valence-electron chi connectivity index (χ4n) is 3.32. The van der Waals surface area contributed by atoms with Crippen LogP contribution in [0.4, 0.5) is 5.69 Å². The van der Waals surface area contributed by atoms with E-state index in [1.807, 2.05) is 29.2 Å². The number of nitrogens with zero attached hydrogens (tertiary/aromatic N) is 2.